The van der Waals surface area contributed by atoms with Crippen molar-refractivity contribution in [2.24, 2.45) is 0 Å². The molecule has 0 saturated carbocycles. The van der Waals surface area contributed by atoms with E-state index >= 15 is 0 Å². The van der Waals surface area contributed by atoms with Gasteiger partial charge in [-0.15, -0.1) is 0 Å². The molecule has 10 heteroatoms. The molecule has 1 saturated heterocycles. The van der Waals surface area contributed by atoms with Crippen LogP contribution in [0.4, 0.5) is 0 Å². The minimum absolute atomic E-state index is 0.00114. The van der Waals surface area contributed by atoms with Gasteiger partial charge in [0.15, 0.2) is 0 Å². The number of ether oxygens (including phenoxy) is 4. The van der Waals surface area contributed by atoms with Crippen molar-refractivity contribution in [1.82, 2.24) is 14.0 Å². The molecule has 0 spiro atoms. The van der Waals surface area contributed by atoms with Crippen molar-refractivity contribution in [1.29, 1.82) is 0 Å². The van der Waals surface area contributed by atoms with Gasteiger partial charge >= 0.3 is 5.69 Å². The topological polar surface area (TPSA) is 104 Å². The summed E-state index contributed by atoms with van der Waals surface area (Å²) in [6.07, 6.45) is 42.6. The minimum Gasteiger partial charge on any atom is -0.497 e. The molecule has 5 rings (SSSR count). The van der Waals surface area contributed by atoms with Gasteiger partial charge in [0.05, 0.1) is 40.0 Å². The molecule has 10 nitrogen and oxygen atoms in total. The quantitative estimate of drug-likeness (QED) is 0.0265. The Balaban J connectivity index is 1.15. The second-order valence-electron chi connectivity index (χ2n) is 23.4. The Morgan fingerprint density at radius 2 is 0.951 bits per heavy atom. The average molecular weight is 1120 g/mol. The van der Waals surface area contributed by atoms with E-state index in [-0.39, 0.29) is 25.1 Å². The van der Waals surface area contributed by atoms with Gasteiger partial charge in [-0.3, -0.25) is 14.3 Å². The van der Waals surface area contributed by atoms with Gasteiger partial charge in [0.2, 0.25) is 0 Å². The summed E-state index contributed by atoms with van der Waals surface area (Å²) in [6, 6.07) is 25.6. The van der Waals surface area contributed by atoms with E-state index in [2.05, 4.69) is 30.6 Å². The van der Waals surface area contributed by atoms with E-state index in [0.29, 0.717) is 23.6 Å². The van der Waals surface area contributed by atoms with Crippen molar-refractivity contribution >= 4 is 0 Å². The van der Waals surface area contributed by atoms with Gasteiger partial charge in [-0.2, -0.15) is 0 Å². The number of aliphatic hydroxyl groups excluding tert-OH is 1. The second-order valence-corrected chi connectivity index (χ2v) is 23.4. The SMILES string of the molecule is CCCCCCCCCCCCCCCCCCN(CC#CCn1c(=O)c(C)cn([C@H]2C[C@H](O)[C@@H](COC(c3ccccc3)(c3ccc(OC)cc3)c3ccc(OC)cc3)O2)c1=O)CCCCCCCCCCCCCCCCCC. The number of rotatable bonds is 45. The Hall–Kier alpha value is -4.66. The maximum absolute atomic E-state index is 14.2. The summed E-state index contributed by atoms with van der Waals surface area (Å²) in [6.45, 7) is 8.92. The average Bonchev–Trinajstić information content (AvgIpc) is 3.95. The molecule has 3 atom stereocenters. The Labute approximate surface area is 491 Å². The molecule has 1 aliphatic rings. The molecule has 4 aromatic rings. The number of unbranched alkanes of at least 4 members (excludes halogenated alkanes) is 30. The van der Waals surface area contributed by atoms with Gasteiger partial charge in [0.25, 0.3) is 5.56 Å². The predicted octanol–water partition coefficient (Wildman–Crippen LogP) is 16.8. The van der Waals surface area contributed by atoms with Crippen molar-refractivity contribution in [2.75, 3.05) is 40.5 Å². The van der Waals surface area contributed by atoms with E-state index < -0.39 is 29.7 Å². The fourth-order valence-electron chi connectivity index (χ4n) is 11.8. The summed E-state index contributed by atoms with van der Waals surface area (Å²) in [7, 11) is 3.28. The van der Waals surface area contributed by atoms with Crippen LogP contribution in [0.15, 0.2) is 94.6 Å². The van der Waals surface area contributed by atoms with Gasteiger partial charge in [-0.1, -0.05) is 273 Å². The molecule has 1 N–H and O–H groups in total. The summed E-state index contributed by atoms with van der Waals surface area (Å²) >= 11 is 0. The van der Waals surface area contributed by atoms with Crippen molar-refractivity contribution in [3.63, 3.8) is 0 Å². The first-order valence-electron chi connectivity index (χ1n) is 32.6. The van der Waals surface area contributed by atoms with E-state index in [4.69, 9.17) is 18.9 Å². The highest BCUT2D eigenvalue weighted by Crippen LogP contribution is 2.43. The molecule has 0 unspecified atom stereocenters. The molecular formula is C71H109N3O7. The molecular weight excluding hydrogens is 1010 g/mol. The maximum Gasteiger partial charge on any atom is 0.333 e. The third-order valence-electron chi connectivity index (χ3n) is 16.8. The van der Waals surface area contributed by atoms with Crippen molar-refractivity contribution < 1.29 is 24.1 Å². The summed E-state index contributed by atoms with van der Waals surface area (Å²) in [5.41, 5.74) is 1.01. The molecule has 1 fully saturated rings. The van der Waals surface area contributed by atoms with Crippen molar-refractivity contribution in [3.8, 4) is 23.3 Å². The number of aliphatic hydroxyl groups is 1. The van der Waals surface area contributed by atoms with Gasteiger partial charge in [0.1, 0.15) is 29.4 Å². The van der Waals surface area contributed by atoms with E-state index in [0.717, 1.165) is 42.6 Å². The number of hydrogen-bond acceptors (Lipinski definition) is 8. The molecule has 0 aliphatic carbocycles. The van der Waals surface area contributed by atoms with Gasteiger partial charge in [-0.05, 0) is 73.8 Å². The molecule has 0 radical (unpaired) electrons. The van der Waals surface area contributed by atoms with Crippen molar-refractivity contribution in [3.05, 3.63) is 128 Å². The van der Waals surface area contributed by atoms with Crippen LogP contribution in [0.2, 0.25) is 0 Å². The first-order chi connectivity index (χ1) is 39.7. The summed E-state index contributed by atoms with van der Waals surface area (Å²) in [5.74, 6) is 8.01. The van der Waals surface area contributed by atoms with Gasteiger partial charge in [0, 0.05) is 18.2 Å². The van der Waals surface area contributed by atoms with Crippen LogP contribution in [-0.4, -0.2) is 71.8 Å². The molecule has 0 amide bonds. The number of hydrogen-bond donors (Lipinski definition) is 1. The number of nitrogens with zero attached hydrogens (tertiary/aromatic N) is 3. The molecule has 1 aliphatic heterocycles. The van der Waals surface area contributed by atoms with Crippen LogP contribution in [0, 0.1) is 18.8 Å². The summed E-state index contributed by atoms with van der Waals surface area (Å²) in [4.78, 5) is 30.3. The Morgan fingerprint density at radius 3 is 1.36 bits per heavy atom. The largest absolute Gasteiger partial charge is 0.497 e. The van der Waals surface area contributed by atoms with Crippen LogP contribution < -0.4 is 20.7 Å². The third kappa shape index (κ3) is 23.9. The first kappa shape index (κ1) is 67.1. The predicted molar refractivity (Wildman–Crippen MR) is 336 cm³/mol. The van der Waals surface area contributed by atoms with Crippen LogP contribution in [0.3, 0.4) is 0 Å². The van der Waals surface area contributed by atoms with E-state index in [1.165, 1.54) is 202 Å². The number of methoxy groups -OCH3 is 2. The van der Waals surface area contributed by atoms with Gasteiger partial charge < -0.3 is 24.1 Å². The highest BCUT2D eigenvalue weighted by molar-refractivity contribution is 5.49. The molecule has 2 heterocycles. The van der Waals surface area contributed by atoms with Crippen LogP contribution in [0.5, 0.6) is 11.5 Å². The lowest BCUT2D eigenvalue weighted by Gasteiger charge is -2.37. The number of benzene rings is 3. The maximum atomic E-state index is 14.2. The fourth-order valence-corrected chi connectivity index (χ4v) is 11.8. The Kier molecular flexibility index (Phi) is 33.6. The Morgan fingerprint density at radius 1 is 0.556 bits per heavy atom. The van der Waals surface area contributed by atoms with E-state index in [9.17, 15) is 14.7 Å². The smallest absolute Gasteiger partial charge is 0.333 e. The van der Waals surface area contributed by atoms with Crippen molar-refractivity contribution in [2.45, 2.75) is 263 Å². The number of aryl methyl sites for hydroxylation is 1. The second kappa shape index (κ2) is 40.5. The molecule has 3 aromatic carbocycles. The monoisotopic (exact) mass is 1120 g/mol. The van der Waals surface area contributed by atoms with Gasteiger partial charge in [-0.25, -0.2) is 9.36 Å². The molecule has 0 bridgehead atoms. The zero-order chi connectivity index (χ0) is 57.6. The normalized spacial score (nSPS) is 15.3. The standard InChI is InChI=1S/C71H109N3O7/c1-6-8-10-12-14-16-18-20-22-24-26-28-30-32-34-39-53-72(54-40-35-33-31-29-27-25-23-21-19-17-15-13-11-9-7-2)55-41-42-56-73-69(76)60(3)58-74(70(73)77)68-57-66(75)67(81-68)59-80-71(61-43-37-36-38-44-61,62-45-49-64(78-4)50-46-62)63-47-51-65(79-5)52-48-63/h36-38,43-52,58,66-68,75H,6-35,39-40,53-57,59H2,1-5H3/t66-,67+,68+/m0/s1. The Bertz CT molecular complexity index is 2340. The number of aromatic nitrogens is 2. The minimum atomic E-state index is -1.12. The van der Waals surface area contributed by atoms with E-state index in [1.54, 1.807) is 27.3 Å². The summed E-state index contributed by atoms with van der Waals surface area (Å²) in [5, 5.41) is 11.6. The van der Waals surface area contributed by atoms with Crippen LogP contribution in [0.25, 0.3) is 0 Å². The highest BCUT2D eigenvalue weighted by atomic mass is 16.6. The lowest BCUT2D eigenvalue weighted by Crippen LogP contribution is -2.42. The van der Waals surface area contributed by atoms with Crippen LogP contribution in [0.1, 0.15) is 254 Å². The highest BCUT2D eigenvalue weighted by Gasteiger charge is 2.42. The molecule has 1 aromatic heterocycles. The fraction of sp³-hybridized carbons (Fsp3) is 0.662. The summed E-state index contributed by atoms with van der Waals surface area (Å²) < 4.78 is 27.3. The zero-order valence-electron chi connectivity index (χ0n) is 51.4. The zero-order valence-corrected chi connectivity index (χ0v) is 51.4. The molecule has 81 heavy (non-hydrogen) atoms. The first-order valence-corrected chi connectivity index (χ1v) is 32.6. The third-order valence-corrected chi connectivity index (χ3v) is 16.8. The molecule has 450 valence electrons. The lowest BCUT2D eigenvalue weighted by molar-refractivity contribution is -0.0946. The lowest BCUT2D eigenvalue weighted by atomic mass is 9.80. The van der Waals surface area contributed by atoms with E-state index in [1.807, 2.05) is 78.9 Å². The van der Waals surface area contributed by atoms with Crippen LogP contribution in [-0.2, 0) is 21.6 Å². The van der Waals surface area contributed by atoms with Crippen LogP contribution >= 0.6 is 0 Å².